The second kappa shape index (κ2) is 7.22. The van der Waals surface area contributed by atoms with E-state index in [1.165, 1.54) is 32.8 Å². The Kier molecular flexibility index (Phi) is 5.32. The van der Waals surface area contributed by atoms with E-state index in [0.717, 1.165) is 12.1 Å². The smallest absolute Gasteiger partial charge is 0.0742 e. The van der Waals surface area contributed by atoms with Crippen molar-refractivity contribution in [1.29, 1.82) is 0 Å². The molecule has 0 radical (unpaired) electrons. The van der Waals surface area contributed by atoms with Gasteiger partial charge in [-0.15, -0.1) is 0 Å². The minimum Gasteiger partial charge on any atom is -0.257 e. The highest BCUT2D eigenvalue weighted by Crippen LogP contribution is 2.37. The molecule has 0 aliphatic carbocycles. The van der Waals surface area contributed by atoms with Crippen molar-refractivity contribution in [2.24, 2.45) is 4.99 Å². The summed E-state index contributed by atoms with van der Waals surface area (Å²) >= 11 is 0. The van der Waals surface area contributed by atoms with Crippen molar-refractivity contribution < 1.29 is 0 Å². The third-order valence-corrected chi connectivity index (χ3v) is 3.97. The molecule has 0 aliphatic heterocycles. The molecule has 0 aromatic heterocycles. The first-order chi connectivity index (χ1) is 10.7. The monoisotopic (exact) mass is 291 g/mol. The SMILES string of the molecule is CC.CCC(C)=Nc1c(C)c2ccccc2c2ccccc12. The van der Waals surface area contributed by atoms with Crippen LogP contribution >= 0.6 is 0 Å². The zero-order valence-corrected chi connectivity index (χ0v) is 14.3. The number of hydrogen-bond acceptors (Lipinski definition) is 1. The Morgan fingerprint density at radius 2 is 1.27 bits per heavy atom. The largest absolute Gasteiger partial charge is 0.257 e. The second-order valence-electron chi connectivity index (χ2n) is 5.27. The van der Waals surface area contributed by atoms with Crippen LogP contribution in [0.2, 0.25) is 0 Å². The Balaban J connectivity index is 0.000000847. The number of nitrogens with zero attached hydrogens (tertiary/aromatic N) is 1. The second-order valence-corrected chi connectivity index (χ2v) is 5.27. The molecule has 0 spiro atoms. The van der Waals surface area contributed by atoms with Gasteiger partial charge in [-0.1, -0.05) is 69.3 Å². The van der Waals surface area contributed by atoms with Crippen molar-refractivity contribution in [3.8, 4) is 0 Å². The van der Waals surface area contributed by atoms with E-state index in [-0.39, 0.29) is 0 Å². The molecule has 0 fully saturated rings. The summed E-state index contributed by atoms with van der Waals surface area (Å²) in [4.78, 5) is 4.87. The molecule has 3 aromatic rings. The van der Waals surface area contributed by atoms with Crippen LogP contribution in [0.5, 0.6) is 0 Å². The lowest BCUT2D eigenvalue weighted by Gasteiger charge is -2.12. The lowest BCUT2D eigenvalue weighted by molar-refractivity contribution is 1.25. The van der Waals surface area contributed by atoms with Crippen LogP contribution in [0.25, 0.3) is 21.5 Å². The van der Waals surface area contributed by atoms with Crippen molar-refractivity contribution in [2.45, 2.75) is 41.0 Å². The number of benzene rings is 3. The zero-order chi connectivity index (χ0) is 16.1. The highest BCUT2D eigenvalue weighted by Gasteiger charge is 2.10. The summed E-state index contributed by atoms with van der Waals surface area (Å²) in [5, 5.41) is 5.15. The van der Waals surface area contributed by atoms with E-state index in [9.17, 15) is 0 Å². The molecule has 0 aliphatic rings. The van der Waals surface area contributed by atoms with Crippen molar-refractivity contribution in [3.05, 3.63) is 54.1 Å². The number of fused-ring (bicyclic) bond motifs is 3. The van der Waals surface area contributed by atoms with Gasteiger partial charge in [0.15, 0.2) is 0 Å². The first kappa shape index (κ1) is 16.2. The Morgan fingerprint density at radius 1 is 0.818 bits per heavy atom. The summed E-state index contributed by atoms with van der Waals surface area (Å²) in [6.07, 6.45) is 0.987. The third kappa shape index (κ3) is 2.89. The molecule has 1 heteroatoms. The van der Waals surface area contributed by atoms with Crippen LogP contribution in [-0.2, 0) is 0 Å². The zero-order valence-electron chi connectivity index (χ0n) is 14.3. The van der Waals surface area contributed by atoms with Crippen LogP contribution in [0.1, 0.15) is 39.7 Å². The van der Waals surface area contributed by atoms with Crippen molar-refractivity contribution >= 4 is 32.9 Å². The molecule has 0 atom stereocenters. The Bertz CT molecular complexity index is 813. The normalized spacial score (nSPS) is 11.4. The summed E-state index contributed by atoms with van der Waals surface area (Å²) in [7, 11) is 0. The van der Waals surface area contributed by atoms with Gasteiger partial charge in [0.2, 0.25) is 0 Å². The Labute approximate surface area is 133 Å². The molecule has 22 heavy (non-hydrogen) atoms. The molecule has 114 valence electrons. The quantitative estimate of drug-likeness (QED) is 0.362. The molecule has 1 nitrogen and oxygen atoms in total. The molecule has 3 aromatic carbocycles. The van der Waals surface area contributed by atoms with Crippen molar-refractivity contribution in [3.63, 3.8) is 0 Å². The van der Waals surface area contributed by atoms with Crippen LogP contribution in [0.4, 0.5) is 5.69 Å². The highest BCUT2D eigenvalue weighted by atomic mass is 14.7. The minimum atomic E-state index is 0.987. The van der Waals surface area contributed by atoms with E-state index >= 15 is 0 Å². The van der Waals surface area contributed by atoms with Gasteiger partial charge in [-0.2, -0.15) is 0 Å². The molecule has 0 bridgehead atoms. The van der Waals surface area contributed by atoms with Crippen molar-refractivity contribution in [1.82, 2.24) is 0 Å². The topological polar surface area (TPSA) is 12.4 Å². The summed E-state index contributed by atoms with van der Waals surface area (Å²) in [6.45, 7) is 10.4. The van der Waals surface area contributed by atoms with E-state index in [1.54, 1.807) is 0 Å². The number of aryl methyl sites for hydroxylation is 1. The van der Waals surface area contributed by atoms with Gasteiger partial charge in [0.05, 0.1) is 5.69 Å². The Hall–Kier alpha value is -2.15. The highest BCUT2D eigenvalue weighted by molar-refractivity contribution is 6.14. The lowest BCUT2D eigenvalue weighted by atomic mass is 9.96. The van der Waals surface area contributed by atoms with E-state index in [2.05, 4.69) is 69.3 Å². The van der Waals surface area contributed by atoms with Crippen LogP contribution < -0.4 is 0 Å². The summed E-state index contributed by atoms with van der Waals surface area (Å²) in [5.41, 5.74) is 3.57. The van der Waals surface area contributed by atoms with Crippen LogP contribution in [0.15, 0.2) is 53.5 Å². The van der Waals surface area contributed by atoms with Crippen LogP contribution in [-0.4, -0.2) is 5.71 Å². The predicted molar refractivity (Wildman–Crippen MR) is 101 cm³/mol. The fraction of sp³-hybridized carbons (Fsp3) is 0.286. The summed E-state index contributed by atoms with van der Waals surface area (Å²) < 4.78 is 0. The molecule has 0 N–H and O–H groups in total. The van der Waals surface area contributed by atoms with E-state index < -0.39 is 0 Å². The van der Waals surface area contributed by atoms with Crippen LogP contribution in [0, 0.1) is 6.92 Å². The van der Waals surface area contributed by atoms with Gasteiger partial charge in [0, 0.05) is 11.1 Å². The van der Waals surface area contributed by atoms with Gasteiger partial charge in [-0.05, 0) is 42.0 Å². The third-order valence-electron chi connectivity index (χ3n) is 3.97. The summed E-state index contributed by atoms with van der Waals surface area (Å²) in [6, 6.07) is 17.2. The molecule has 0 saturated carbocycles. The van der Waals surface area contributed by atoms with E-state index in [1.807, 2.05) is 13.8 Å². The van der Waals surface area contributed by atoms with Gasteiger partial charge in [0.25, 0.3) is 0 Å². The van der Waals surface area contributed by atoms with E-state index in [4.69, 9.17) is 4.99 Å². The molecular formula is C21H25N. The average molecular weight is 291 g/mol. The molecule has 0 heterocycles. The van der Waals surface area contributed by atoms with Gasteiger partial charge in [0.1, 0.15) is 0 Å². The molecule has 0 unspecified atom stereocenters. The van der Waals surface area contributed by atoms with Gasteiger partial charge in [-0.25, -0.2) is 0 Å². The van der Waals surface area contributed by atoms with Crippen LogP contribution in [0.3, 0.4) is 0 Å². The van der Waals surface area contributed by atoms with E-state index in [0.29, 0.717) is 0 Å². The maximum absolute atomic E-state index is 4.87. The molecule has 3 rings (SSSR count). The first-order valence-electron chi connectivity index (χ1n) is 8.16. The number of hydrogen-bond donors (Lipinski definition) is 0. The lowest BCUT2D eigenvalue weighted by Crippen LogP contribution is -1.89. The molecular weight excluding hydrogens is 266 g/mol. The Morgan fingerprint density at radius 3 is 1.82 bits per heavy atom. The number of aliphatic imine (C=N–C) groups is 1. The fourth-order valence-electron chi connectivity index (χ4n) is 2.71. The maximum Gasteiger partial charge on any atom is 0.0742 e. The minimum absolute atomic E-state index is 0.987. The first-order valence-corrected chi connectivity index (χ1v) is 8.16. The summed E-state index contributed by atoms with van der Waals surface area (Å²) in [5.74, 6) is 0. The maximum atomic E-state index is 4.87. The van der Waals surface area contributed by atoms with Gasteiger partial charge < -0.3 is 0 Å². The van der Waals surface area contributed by atoms with Crippen molar-refractivity contribution in [2.75, 3.05) is 0 Å². The average Bonchev–Trinajstić information content (AvgIpc) is 2.60. The fourth-order valence-corrected chi connectivity index (χ4v) is 2.71. The molecule has 0 saturated heterocycles. The molecule has 0 amide bonds. The predicted octanol–water partition coefficient (Wildman–Crippen LogP) is 6.83. The number of rotatable bonds is 2. The van der Waals surface area contributed by atoms with Gasteiger partial charge >= 0.3 is 0 Å². The standard InChI is InChI=1S/C19H19N.C2H6/c1-4-13(2)20-19-14(3)15-9-5-6-10-16(15)17-11-7-8-12-18(17)19;1-2/h5-12H,4H2,1-3H3;1-2H3. The van der Waals surface area contributed by atoms with Gasteiger partial charge in [-0.3, -0.25) is 4.99 Å².